The van der Waals surface area contributed by atoms with E-state index in [-0.39, 0.29) is 0 Å². The summed E-state index contributed by atoms with van der Waals surface area (Å²) in [5, 5.41) is 2.12. The molecule has 0 aliphatic rings. The molecule has 2 rings (SSSR count). The van der Waals surface area contributed by atoms with Crippen LogP contribution >= 0.6 is 11.3 Å². The number of methoxy groups -OCH3 is 1. The van der Waals surface area contributed by atoms with E-state index in [0.29, 0.717) is 0 Å². The minimum atomic E-state index is -0.447. The molecule has 0 aliphatic heterocycles. The van der Waals surface area contributed by atoms with Gasteiger partial charge >= 0.3 is 0 Å². The van der Waals surface area contributed by atoms with E-state index < -0.39 is 5.54 Å². The maximum atomic E-state index is 6.43. The highest BCUT2D eigenvalue weighted by molar-refractivity contribution is 7.10. The van der Waals surface area contributed by atoms with Crippen molar-refractivity contribution in [3.05, 3.63) is 51.7 Å². The monoisotopic (exact) mass is 247 g/mol. The molecule has 2 aromatic rings. The third kappa shape index (κ3) is 2.35. The lowest BCUT2D eigenvalue weighted by atomic mass is 9.87. The van der Waals surface area contributed by atoms with Crippen LogP contribution in [0.15, 0.2) is 35.7 Å². The minimum absolute atomic E-state index is 0.447. The molecular weight excluding hydrogens is 230 g/mol. The van der Waals surface area contributed by atoms with Crippen molar-refractivity contribution >= 4 is 11.3 Å². The molecule has 17 heavy (non-hydrogen) atoms. The molecule has 1 aromatic carbocycles. The molecule has 90 valence electrons. The van der Waals surface area contributed by atoms with Crippen LogP contribution in [0, 0.1) is 6.92 Å². The van der Waals surface area contributed by atoms with Crippen LogP contribution in [0.5, 0.6) is 5.75 Å². The van der Waals surface area contributed by atoms with Gasteiger partial charge in [-0.2, -0.15) is 0 Å². The molecule has 1 heterocycles. The van der Waals surface area contributed by atoms with Gasteiger partial charge in [0.05, 0.1) is 12.6 Å². The highest BCUT2D eigenvalue weighted by atomic mass is 32.1. The molecule has 0 saturated heterocycles. The Morgan fingerprint density at radius 1 is 1.18 bits per heavy atom. The number of benzene rings is 1. The van der Waals surface area contributed by atoms with E-state index in [1.807, 2.05) is 31.2 Å². The lowest BCUT2D eigenvalue weighted by Crippen LogP contribution is -2.33. The first-order chi connectivity index (χ1) is 8.04. The summed E-state index contributed by atoms with van der Waals surface area (Å²) >= 11 is 1.73. The molecule has 0 aliphatic carbocycles. The molecule has 1 aromatic heterocycles. The lowest BCUT2D eigenvalue weighted by Gasteiger charge is -2.24. The van der Waals surface area contributed by atoms with Gasteiger partial charge in [-0.05, 0) is 48.6 Å². The van der Waals surface area contributed by atoms with Gasteiger partial charge in [0.25, 0.3) is 0 Å². The van der Waals surface area contributed by atoms with Crippen molar-refractivity contribution in [1.82, 2.24) is 0 Å². The van der Waals surface area contributed by atoms with E-state index in [0.717, 1.165) is 16.9 Å². The lowest BCUT2D eigenvalue weighted by molar-refractivity contribution is 0.414. The molecule has 0 bridgehead atoms. The maximum Gasteiger partial charge on any atom is 0.118 e. The van der Waals surface area contributed by atoms with E-state index in [1.165, 1.54) is 4.88 Å². The molecule has 0 radical (unpaired) electrons. The number of hydrogen-bond donors (Lipinski definition) is 1. The van der Waals surface area contributed by atoms with Gasteiger partial charge in [-0.1, -0.05) is 12.1 Å². The summed E-state index contributed by atoms with van der Waals surface area (Å²) in [6.45, 7) is 4.13. The number of aryl methyl sites for hydroxylation is 1. The van der Waals surface area contributed by atoms with E-state index >= 15 is 0 Å². The Kier molecular flexibility index (Phi) is 3.22. The number of thiophene rings is 1. The summed E-state index contributed by atoms with van der Waals surface area (Å²) < 4.78 is 5.15. The Morgan fingerprint density at radius 3 is 2.29 bits per heavy atom. The fraction of sp³-hybridized carbons (Fsp3) is 0.286. The molecule has 2 nitrogen and oxygen atoms in total. The van der Waals surface area contributed by atoms with Gasteiger partial charge < -0.3 is 10.5 Å². The van der Waals surface area contributed by atoms with E-state index in [1.54, 1.807) is 18.4 Å². The summed E-state index contributed by atoms with van der Waals surface area (Å²) in [7, 11) is 1.67. The fourth-order valence-corrected chi connectivity index (χ4v) is 2.64. The highest BCUT2D eigenvalue weighted by Gasteiger charge is 2.24. The minimum Gasteiger partial charge on any atom is -0.497 e. The van der Waals surface area contributed by atoms with Crippen LogP contribution in [0.4, 0.5) is 0 Å². The van der Waals surface area contributed by atoms with Crippen molar-refractivity contribution < 1.29 is 4.74 Å². The molecule has 0 spiro atoms. The second kappa shape index (κ2) is 4.51. The first-order valence-electron chi connectivity index (χ1n) is 5.53. The number of ether oxygens (including phenoxy) is 1. The van der Waals surface area contributed by atoms with Crippen molar-refractivity contribution in [2.75, 3.05) is 7.11 Å². The summed E-state index contributed by atoms with van der Waals surface area (Å²) in [5.74, 6) is 0.853. The van der Waals surface area contributed by atoms with Crippen LogP contribution in [0.1, 0.15) is 22.9 Å². The topological polar surface area (TPSA) is 35.2 Å². The van der Waals surface area contributed by atoms with Crippen molar-refractivity contribution in [2.24, 2.45) is 5.73 Å². The molecular formula is C14H17NOS. The van der Waals surface area contributed by atoms with Crippen molar-refractivity contribution in [2.45, 2.75) is 19.4 Å². The summed E-state index contributed by atoms with van der Waals surface area (Å²) in [5.41, 5.74) is 8.23. The van der Waals surface area contributed by atoms with Gasteiger partial charge in [-0.15, -0.1) is 11.3 Å². The molecule has 3 heteroatoms. The standard InChI is InChI=1S/C14H17NOS/c1-10-8-12(9-17-10)14(2,15)11-4-6-13(16-3)7-5-11/h4-9H,15H2,1-3H3. The van der Waals surface area contributed by atoms with Crippen LogP contribution in [0.25, 0.3) is 0 Å². The van der Waals surface area contributed by atoms with Crippen LogP contribution in [-0.2, 0) is 5.54 Å². The second-order valence-corrected chi connectivity index (χ2v) is 5.49. The Balaban J connectivity index is 2.36. The summed E-state index contributed by atoms with van der Waals surface area (Å²) in [4.78, 5) is 1.28. The maximum absolute atomic E-state index is 6.43. The Hall–Kier alpha value is -1.32. The SMILES string of the molecule is COc1ccc(C(C)(N)c2csc(C)c2)cc1. The third-order valence-electron chi connectivity index (χ3n) is 3.02. The predicted octanol–water partition coefficient (Wildman–Crippen LogP) is 3.29. The normalized spacial score (nSPS) is 14.4. The zero-order valence-electron chi connectivity index (χ0n) is 10.4. The number of rotatable bonds is 3. The van der Waals surface area contributed by atoms with Crippen LogP contribution in [-0.4, -0.2) is 7.11 Å². The smallest absolute Gasteiger partial charge is 0.118 e. The fourth-order valence-electron chi connectivity index (χ4n) is 1.82. The highest BCUT2D eigenvalue weighted by Crippen LogP contribution is 2.30. The summed E-state index contributed by atoms with van der Waals surface area (Å²) in [6, 6.07) is 10.1. The predicted molar refractivity (Wildman–Crippen MR) is 72.7 cm³/mol. The van der Waals surface area contributed by atoms with Gasteiger partial charge in [-0.3, -0.25) is 0 Å². The van der Waals surface area contributed by atoms with Crippen LogP contribution in [0.3, 0.4) is 0 Å². The molecule has 0 saturated carbocycles. The first-order valence-corrected chi connectivity index (χ1v) is 6.41. The average Bonchev–Trinajstić information content (AvgIpc) is 2.77. The van der Waals surface area contributed by atoms with E-state index in [4.69, 9.17) is 10.5 Å². The van der Waals surface area contributed by atoms with Gasteiger partial charge in [0, 0.05) is 4.88 Å². The largest absolute Gasteiger partial charge is 0.497 e. The van der Waals surface area contributed by atoms with E-state index in [2.05, 4.69) is 18.4 Å². The summed E-state index contributed by atoms with van der Waals surface area (Å²) in [6.07, 6.45) is 0. The molecule has 2 N–H and O–H groups in total. The molecule has 1 atom stereocenters. The van der Waals surface area contributed by atoms with Crippen LogP contribution < -0.4 is 10.5 Å². The number of hydrogen-bond acceptors (Lipinski definition) is 3. The van der Waals surface area contributed by atoms with Gasteiger partial charge in [0.1, 0.15) is 5.75 Å². The van der Waals surface area contributed by atoms with Gasteiger partial charge in [-0.25, -0.2) is 0 Å². The first kappa shape index (κ1) is 12.1. The zero-order chi connectivity index (χ0) is 12.5. The van der Waals surface area contributed by atoms with Gasteiger partial charge in [0.2, 0.25) is 0 Å². The van der Waals surface area contributed by atoms with Crippen molar-refractivity contribution in [3.63, 3.8) is 0 Å². The van der Waals surface area contributed by atoms with Crippen LogP contribution in [0.2, 0.25) is 0 Å². The average molecular weight is 247 g/mol. The number of nitrogens with two attached hydrogens (primary N) is 1. The quantitative estimate of drug-likeness (QED) is 0.903. The van der Waals surface area contributed by atoms with Crippen molar-refractivity contribution in [3.8, 4) is 5.75 Å². The Labute approximate surface area is 106 Å². The zero-order valence-corrected chi connectivity index (χ0v) is 11.2. The third-order valence-corrected chi connectivity index (χ3v) is 3.88. The van der Waals surface area contributed by atoms with E-state index in [9.17, 15) is 0 Å². The van der Waals surface area contributed by atoms with Gasteiger partial charge in [0.15, 0.2) is 0 Å². The Bertz CT molecular complexity index is 499. The second-order valence-electron chi connectivity index (χ2n) is 4.38. The molecule has 0 amide bonds. The van der Waals surface area contributed by atoms with Crippen molar-refractivity contribution in [1.29, 1.82) is 0 Å². The molecule has 0 fully saturated rings. The Morgan fingerprint density at radius 2 is 1.82 bits per heavy atom. The molecule has 1 unspecified atom stereocenters.